The molecule has 1 amide bonds. The van der Waals surface area contributed by atoms with Crippen LogP contribution in [0.1, 0.15) is 15.9 Å². The van der Waals surface area contributed by atoms with Crippen LogP contribution >= 0.6 is 0 Å². The van der Waals surface area contributed by atoms with E-state index in [0.717, 1.165) is 27.6 Å². The van der Waals surface area contributed by atoms with Crippen molar-refractivity contribution in [3.63, 3.8) is 0 Å². The van der Waals surface area contributed by atoms with Gasteiger partial charge in [0.15, 0.2) is 0 Å². The van der Waals surface area contributed by atoms with Crippen LogP contribution in [0.15, 0.2) is 72.9 Å². The van der Waals surface area contributed by atoms with Crippen molar-refractivity contribution in [2.75, 3.05) is 13.2 Å². The Morgan fingerprint density at radius 1 is 1.07 bits per heavy atom. The van der Waals surface area contributed by atoms with E-state index in [4.69, 9.17) is 5.11 Å². The summed E-state index contributed by atoms with van der Waals surface area (Å²) in [5, 5.41) is 17.2. The lowest BCUT2D eigenvalue weighted by atomic mass is 10.00. The van der Waals surface area contributed by atoms with Gasteiger partial charge in [0.2, 0.25) is 0 Å². The number of benzene rings is 3. The van der Waals surface area contributed by atoms with E-state index in [2.05, 4.69) is 10.4 Å². The molecule has 6 heteroatoms. The largest absolute Gasteiger partial charge is 0.395 e. The molecule has 29 heavy (non-hydrogen) atoms. The maximum atomic E-state index is 13.1. The van der Waals surface area contributed by atoms with Gasteiger partial charge in [-0.3, -0.25) is 9.48 Å². The number of rotatable bonds is 6. The van der Waals surface area contributed by atoms with Gasteiger partial charge in [-0.2, -0.15) is 5.10 Å². The Kier molecular flexibility index (Phi) is 5.35. The molecule has 4 rings (SSSR count). The second-order valence-corrected chi connectivity index (χ2v) is 6.75. The summed E-state index contributed by atoms with van der Waals surface area (Å²) < 4.78 is 15.0. The zero-order chi connectivity index (χ0) is 20.2. The third kappa shape index (κ3) is 4.17. The maximum absolute atomic E-state index is 13.1. The van der Waals surface area contributed by atoms with Gasteiger partial charge in [0.25, 0.3) is 5.91 Å². The van der Waals surface area contributed by atoms with Gasteiger partial charge in [-0.1, -0.05) is 36.4 Å². The molecule has 0 aliphatic carbocycles. The fourth-order valence-corrected chi connectivity index (χ4v) is 3.30. The molecule has 0 fully saturated rings. The first kappa shape index (κ1) is 18.8. The van der Waals surface area contributed by atoms with Gasteiger partial charge in [-0.15, -0.1) is 0 Å². The highest BCUT2D eigenvalue weighted by Crippen LogP contribution is 2.29. The number of carbonyl (C=O) groups excluding carboxylic acids is 1. The molecule has 0 bridgehead atoms. The first-order chi connectivity index (χ1) is 14.1. The van der Waals surface area contributed by atoms with E-state index in [1.807, 2.05) is 47.3 Å². The zero-order valence-corrected chi connectivity index (χ0v) is 15.7. The maximum Gasteiger partial charge on any atom is 0.251 e. The van der Waals surface area contributed by atoms with E-state index in [-0.39, 0.29) is 24.9 Å². The Labute approximate surface area is 167 Å². The fraction of sp³-hybridized carbons (Fsp3) is 0.130. The van der Waals surface area contributed by atoms with Gasteiger partial charge in [0, 0.05) is 23.7 Å². The fourth-order valence-electron chi connectivity index (χ4n) is 3.30. The molecule has 0 spiro atoms. The quantitative estimate of drug-likeness (QED) is 0.529. The predicted octanol–water partition coefficient (Wildman–Crippen LogP) is 3.61. The molecule has 2 N–H and O–H groups in total. The molecule has 0 radical (unpaired) electrons. The van der Waals surface area contributed by atoms with Crippen LogP contribution < -0.4 is 5.32 Å². The third-order valence-electron chi connectivity index (χ3n) is 4.69. The number of amides is 1. The second-order valence-electron chi connectivity index (χ2n) is 6.75. The summed E-state index contributed by atoms with van der Waals surface area (Å²) in [4.78, 5) is 12.2. The molecule has 0 atom stereocenters. The minimum Gasteiger partial charge on any atom is -0.395 e. The first-order valence-corrected chi connectivity index (χ1v) is 9.34. The summed E-state index contributed by atoms with van der Waals surface area (Å²) in [5.74, 6) is -0.482. The average Bonchev–Trinajstić information content (AvgIpc) is 3.16. The Morgan fingerprint density at radius 3 is 2.66 bits per heavy atom. The average molecular weight is 389 g/mol. The lowest BCUT2D eigenvalue weighted by Gasteiger charge is -2.07. The van der Waals surface area contributed by atoms with Crippen LogP contribution in [0.5, 0.6) is 0 Å². The molecular weight excluding hydrogens is 369 g/mol. The van der Waals surface area contributed by atoms with Crippen LogP contribution in [-0.4, -0.2) is 33.9 Å². The summed E-state index contributed by atoms with van der Waals surface area (Å²) in [6, 6.07) is 19.6. The van der Waals surface area contributed by atoms with Crippen molar-refractivity contribution < 1.29 is 14.3 Å². The summed E-state index contributed by atoms with van der Waals surface area (Å²) >= 11 is 0. The van der Waals surface area contributed by atoms with E-state index in [1.165, 1.54) is 12.1 Å². The second kappa shape index (κ2) is 8.24. The molecule has 146 valence electrons. The Bertz CT molecular complexity index is 1150. The van der Waals surface area contributed by atoms with Gasteiger partial charge in [-0.05, 0) is 47.0 Å². The van der Waals surface area contributed by atoms with Gasteiger partial charge in [-0.25, -0.2) is 4.39 Å². The highest BCUT2D eigenvalue weighted by molar-refractivity contribution is 5.98. The number of hydrogen-bond donors (Lipinski definition) is 2. The highest BCUT2D eigenvalue weighted by atomic mass is 19.1. The highest BCUT2D eigenvalue weighted by Gasteiger charge is 2.11. The molecule has 0 saturated heterocycles. The number of nitrogens with zero attached hydrogens (tertiary/aromatic N) is 2. The van der Waals surface area contributed by atoms with Gasteiger partial charge in [0.05, 0.1) is 18.7 Å². The number of aliphatic hydroxyl groups is 1. The topological polar surface area (TPSA) is 67.2 Å². The van der Waals surface area contributed by atoms with E-state index in [1.54, 1.807) is 18.2 Å². The van der Waals surface area contributed by atoms with Crippen molar-refractivity contribution >= 4 is 16.8 Å². The summed E-state index contributed by atoms with van der Waals surface area (Å²) in [5.41, 5.74) is 4.23. The number of fused-ring (bicyclic) bond motifs is 1. The van der Waals surface area contributed by atoms with E-state index in [0.29, 0.717) is 12.1 Å². The lowest BCUT2D eigenvalue weighted by molar-refractivity contribution is 0.0945. The van der Waals surface area contributed by atoms with Crippen LogP contribution in [0.25, 0.3) is 22.0 Å². The van der Waals surface area contributed by atoms with Crippen LogP contribution in [0.2, 0.25) is 0 Å². The summed E-state index contributed by atoms with van der Waals surface area (Å²) in [6.45, 7) is 0.658. The minimum atomic E-state index is -0.260. The van der Waals surface area contributed by atoms with Crippen molar-refractivity contribution in [3.05, 3.63) is 89.9 Å². The number of nitrogens with one attached hydrogen (secondary N) is 1. The van der Waals surface area contributed by atoms with Gasteiger partial charge in [0.1, 0.15) is 5.82 Å². The molecule has 0 aliphatic rings. The molecule has 1 heterocycles. The minimum absolute atomic E-state index is 0.0992. The van der Waals surface area contributed by atoms with Crippen molar-refractivity contribution in [2.45, 2.75) is 6.54 Å². The Morgan fingerprint density at radius 2 is 1.86 bits per heavy atom. The number of halogens is 1. The molecular formula is C23H20FN3O2. The third-order valence-corrected chi connectivity index (χ3v) is 4.69. The van der Waals surface area contributed by atoms with Crippen LogP contribution in [-0.2, 0) is 6.54 Å². The van der Waals surface area contributed by atoms with E-state index in [9.17, 15) is 9.18 Å². The molecule has 0 aliphatic heterocycles. The van der Waals surface area contributed by atoms with Crippen LogP contribution in [0, 0.1) is 5.82 Å². The van der Waals surface area contributed by atoms with E-state index < -0.39 is 0 Å². The van der Waals surface area contributed by atoms with Crippen LogP contribution in [0.3, 0.4) is 0 Å². The first-order valence-electron chi connectivity index (χ1n) is 9.34. The van der Waals surface area contributed by atoms with Gasteiger partial charge >= 0.3 is 0 Å². The molecule has 4 aromatic rings. The molecule has 3 aromatic carbocycles. The van der Waals surface area contributed by atoms with E-state index >= 15 is 0 Å². The molecule has 1 aromatic heterocycles. The van der Waals surface area contributed by atoms with Crippen molar-refractivity contribution in [3.8, 4) is 11.1 Å². The monoisotopic (exact) mass is 389 g/mol. The number of aliphatic hydroxyl groups excluding tert-OH is 1. The molecule has 0 unspecified atom stereocenters. The standard InChI is InChI=1S/C23H20FN3O2/c24-19-9-7-16(8-10-19)14-27-15-21-20(5-2-6-22(21)26-27)17-3-1-4-18(13-17)23(29)25-11-12-28/h1-10,13,15,28H,11-12,14H2,(H,25,29). The smallest absolute Gasteiger partial charge is 0.251 e. The SMILES string of the molecule is O=C(NCCO)c1cccc(-c2cccc3nn(Cc4ccc(F)cc4)cc23)c1. The number of carbonyl (C=O) groups is 1. The predicted molar refractivity (Wildman–Crippen MR) is 110 cm³/mol. The van der Waals surface area contributed by atoms with Crippen molar-refractivity contribution in [1.82, 2.24) is 15.1 Å². The van der Waals surface area contributed by atoms with Crippen molar-refractivity contribution in [1.29, 1.82) is 0 Å². The van der Waals surface area contributed by atoms with Crippen LogP contribution in [0.4, 0.5) is 4.39 Å². The summed E-state index contributed by atoms with van der Waals surface area (Å²) in [7, 11) is 0. The molecule has 0 saturated carbocycles. The normalized spacial score (nSPS) is 11.0. The lowest BCUT2D eigenvalue weighted by Crippen LogP contribution is -2.26. The van der Waals surface area contributed by atoms with Gasteiger partial charge < -0.3 is 10.4 Å². The number of hydrogen-bond acceptors (Lipinski definition) is 3. The summed E-state index contributed by atoms with van der Waals surface area (Å²) in [6.07, 6.45) is 1.96. The van der Waals surface area contributed by atoms with Crippen molar-refractivity contribution in [2.24, 2.45) is 0 Å². The molecule has 5 nitrogen and oxygen atoms in total. The zero-order valence-electron chi connectivity index (χ0n) is 15.7. The Balaban J connectivity index is 1.67. The Hall–Kier alpha value is -3.51. The number of aromatic nitrogens is 2.